The van der Waals surface area contributed by atoms with Crippen LogP contribution in [0.3, 0.4) is 0 Å². The minimum atomic E-state index is -4.42. The predicted molar refractivity (Wildman–Crippen MR) is 39.0 cm³/mol. The van der Waals surface area contributed by atoms with Gasteiger partial charge in [0.2, 0.25) is 0 Å². The molecule has 0 amide bonds. The zero-order valence-corrected chi connectivity index (χ0v) is 6.87. The van der Waals surface area contributed by atoms with Gasteiger partial charge in [-0.1, -0.05) is 11.6 Å². The number of aryl methyl sites for hydroxylation is 1. The fourth-order valence-electron chi connectivity index (χ4n) is 0.772. The Morgan fingerprint density at radius 3 is 2.33 bits per heavy atom. The maximum atomic E-state index is 12.0. The molecule has 1 heterocycles. The standard InChI is InChI=1S/C7H5ClF3N/c1-4-2-5(8)3-6(12-4)7(9,10)11/h2-3H,1H3. The highest BCUT2D eigenvalue weighted by Crippen LogP contribution is 2.29. The lowest BCUT2D eigenvalue weighted by Gasteiger charge is -2.06. The van der Waals surface area contributed by atoms with Crippen molar-refractivity contribution in [3.8, 4) is 0 Å². The minimum absolute atomic E-state index is 0.0508. The van der Waals surface area contributed by atoms with Gasteiger partial charge in [0.15, 0.2) is 0 Å². The Hall–Kier alpha value is -0.770. The van der Waals surface area contributed by atoms with Crippen LogP contribution in [0.25, 0.3) is 0 Å². The fourth-order valence-corrected chi connectivity index (χ4v) is 1.03. The Morgan fingerprint density at radius 1 is 1.33 bits per heavy atom. The van der Waals surface area contributed by atoms with Gasteiger partial charge in [0.05, 0.1) is 0 Å². The molecule has 1 rings (SSSR count). The van der Waals surface area contributed by atoms with Crippen molar-refractivity contribution < 1.29 is 13.2 Å². The molecule has 0 spiro atoms. The first kappa shape index (κ1) is 9.32. The summed E-state index contributed by atoms with van der Waals surface area (Å²) in [6.45, 7) is 1.46. The molecule has 5 heteroatoms. The van der Waals surface area contributed by atoms with E-state index in [1.54, 1.807) is 0 Å². The molecule has 0 aliphatic carbocycles. The molecular formula is C7H5ClF3N. The molecule has 0 bridgehead atoms. The summed E-state index contributed by atoms with van der Waals surface area (Å²) >= 11 is 5.42. The smallest absolute Gasteiger partial charge is 0.249 e. The Morgan fingerprint density at radius 2 is 1.92 bits per heavy atom. The molecule has 12 heavy (non-hydrogen) atoms. The van der Waals surface area contributed by atoms with Gasteiger partial charge in [-0.15, -0.1) is 0 Å². The quantitative estimate of drug-likeness (QED) is 0.620. The molecule has 66 valence electrons. The normalized spacial score (nSPS) is 11.8. The van der Waals surface area contributed by atoms with Crippen molar-refractivity contribution in [2.75, 3.05) is 0 Å². The van der Waals surface area contributed by atoms with Gasteiger partial charge in [-0.05, 0) is 19.1 Å². The summed E-state index contributed by atoms with van der Waals surface area (Å²) in [6.07, 6.45) is -4.42. The Bertz CT molecular complexity index is 275. The van der Waals surface area contributed by atoms with Gasteiger partial charge in [0, 0.05) is 10.7 Å². The molecule has 0 saturated heterocycles. The van der Waals surface area contributed by atoms with E-state index < -0.39 is 11.9 Å². The maximum Gasteiger partial charge on any atom is 0.433 e. The van der Waals surface area contributed by atoms with E-state index >= 15 is 0 Å². The lowest BCUT2D eigenvalue weighted by Crippen LogP contribution is -2.08. The number of pyridine rings is 1. The van der Waals surface area contributed by atoms with E-state index in [0.717, 1.165) is 6.07 Å². The number of alkyl halides is 3. The van der Waals surface area contributed by atoms with Gasteiger partial charge in [0.25, 0.3) is 0 Å². The number of rotatable bonds is 0. The van der Waals surface area contributed by atoms with Crippen LogP contribution in [0.1, 0.15) is 11.4 Å². The van der Waals surface area contributed by atoms with Crippen LogP contribution in [-0.2, 0) is 6.18 Å². The molecule has 0 saturated carbocycles. The summed E-state index contributed by atoms with van der Waals surface area (Å²) in [5, 5.41) is 0.0508. The third kappa shape index (κ3) is 2.11. The molecule has 0 aliphatic heterocycles. The maximum absolute atomic E-state index is 12.0. The number of halogens is 4. The van der Waals surface area contributed by atoms with Crippen molar-refractivity contribution in [3.63, 3.8) is 0 Å². The number of hydrogen-bond acceptors (Lipinski definition) is 1. The molecule has 1 nitrogen and oxygen atoms in total. The van der Waals surface area contributed by atoms with Gasteiger partial charge in [-0.2, -0.15) is 13.2 Å². The van der Waals surface area contributed by atoms with Crippen LogP contribution in [0.2, 0.25) is 5.02 Å². The van der Waals surface area contributed by atoms with Gasteiger partial charge < -0.3 is 0 Å². The van der Waals surface area contributed by atoms with E-state index in [9.17, 15) is 13.2 Å². The molecular weight excluding hydrogens is 191 g/mol. The van der Waals surface area contributed by atoms with Crippen LogP contribution in [0, 0.1) is 6.92 Å². The summed E-state index contributed by atoms with van der Waals surface area (Å²) in [5.41, 5.74) is -0.692. The molecule has 0 atom stereocenters. The van der Waals surface area contributed by atoms with E-state index in [4.69, 9.17) is 11.6 Å². The van der Waals surface area contributed by atoms with Crippen molar-refractivity contribution in [2.45, 2.75) is 13.1 Å². The van der Waals surface area contributed by atoms with E-state index in [2.05, 4.69) is 4.98 Å². The van der Waals surface area contributed by atoms with Gasteiger partial charge in [-0.3, -0.25) is 0 Å². The highest BCUT2D eigenvalue weighted by atomic mass is 35.5. The summed E-state index contributed by atoms with van der Waals surface area (Å²) in [7, 11) is 0. The predicted octanol–water partition coefficient (Wildman–Crippen LogP) is 3.06. The monoisotopic (exact) mass is 195 g/mol. The lowest BCUT2D eigenvalue weighted by molar-refractivity contribution is -0.141. The molecule has 0 unspecified atom stereocenters. The second-order valence-electron chi connectivity index (χ2n) is 2.31. The largest absolute Gasteiger partial charge is 0.433 e. The highest BCUT2D eigenvalue weighted by Gasteiger charge is 2.32. The Labute approximate surface area is 72.2 Å². The lowest BCUT2D eigenvalue weighted by atomic mass is 10.3. The van der Waals surface area contributed by atoms with Crippen molar-refractivity contribution in [3.05, 3.63) is 28.5 Å². The summed E-state index contributed by atoms with van der Waals surface area (Å²) in [5.74, 6) is 0. The molecule has 0 N–H and O–H groups in total. The van der Waals surface area contributed by atoms with Crippen molar-refractivity contribution in [1.82, 2.24) is 4.98 Å². The zero-order chi connectivity index (χ0) is 9.35. The second-order valence-corrected chi connectivity index (χ2v) is 2.75. The average molecular weight is 196 g/mol. The van der Waals surface area contributed by atoms with Crippen LogP contribution < -0.4 is 0 Å². The van der Waals surface area contributed by atoms with Crippen LogP contribution >= 0.6 is 11.6 Å². The van der Waals surface area contributed by atoms with Crippen LogP contribution in [0.4, 0.5) is 13.2 Å². The minimum Gasteiger partial charge on any atom is -0.249 e. The topological polar surface area (TPSA) is 12.9 Å². The van der Waals surface area contributed by atoms with Crippen LogP contribution in [0.5, 0.6) is 0 Å². The van der Waals surface area contributed by atoms with E-state index in [1.165, 1.54) is 13.0 Å². The van der Waals surface area contributed by atoms with E-state index in [1.807, 2.05) is 0 Å². The van der Waals surface area contributed by atoms with Gasteiger partial charge in [-0.25, -0.2) is 4.98 Å². The van der Waals surface area contributed by atoms with Crippen molar-refractivity contribution >= 4 is 11.6 Å². The Balaban J connectivity index is 3.18. The van der Waals surface area contributed by atoms with Gasteiger partial charge >= 0.3 is 6.18 Å². The molecule has 0 radical (unpaired) electrons. The molecule has 1 aromatic heterocycles. The first-order valence-electron chi connectivity index (χ1n) is 3.11. The van der Waals surface area contributed by atoms with Crippen LogP contribution in [-0.4, -0.2) is 4.98 Å². The molecule has 0 aliphatic rings. The van der Waals surface area contributed by atoms with E-state index in [0.29, 0.717) is 0 Å². The third-order valence-corrected chi connectivity index (χ3v) is 1.43. The SMILES string of the molecule is Cc1cc(Cl)cc(C(F)(F)F)n1. The highest BCUT2D eigenvalue weighted by molar-refractivity contribution is 6.30. The van der Waals surface area contributed by atoms with E-state index in [-0.39, 0.29) is 10.7 Å². The average Bonchev–Trinajstić information content (AvgIpc) is 1.82. The van der Waals surface area contributed by atoms with Crippen LogP contribution in [0.15, 0.2) is 12.1 Å². The third-order valence-electron chi connectivity index (χ3n) is 1.21. The first-order valence-corrected chi connectivity index (χ1v) is 3.49. The fraction of sp³-hybridized carbons (Fsp3) is 0.286. The van der Waals surface area contributed by atoms with Gasteiger partial charge in [0.1, 0.15) is 5.69 Å². The molecule has 1 aromatic rings. The zero-order valence-electron chi connectivity index (χ0n) is 6.11. The number of nitrogens with zero attached hydrogens (tertiary/aromatic N) is 1. The van der Waals surface area contributed by atoms with Crippen molar-refractivity contribution in [1.29, 1.82) is 0 Å². The van der Waals surface area contributed by atoms with Crippen molar-refractivity contribution in [2.24, 2.45) is 0 Å². The Kier molecular flexibility index (Phi) is 2.28. The molecule has 0 aromatic carbocycles. The number of hydrogen-bond donors (Lipinski definition) is 0. The molecule has 0 fully saturated rings. The summed E-state index contributed by atoms with van der Waals surface area (Å²) < 4.78 is 36.1. The summed E-state index contributed by atoms with van der Waals surface area (Å²) in [6, 6.07) is 2.17. The second kappa shape index (κ2) is 2.94. The first-order chi connectivity index (χ1) is 5.39. The number of aromatic nitrogens is 1. The summed E-state index contributed by atoms with van der Waals surface area (Å²) in [4.78, 5) is 3.30.